The number of hydrogen-bond donors (Lipinski definition) is 2. The molecule has 10 heteroatoms. The molecule has 2 atom stereocenters. The van der Waals surface area contributed by atoms with Crippen LogP contribution >= 0.6 is 0 Å². The van der Waals surface area contributed by atoms with Gasteiger partial charge in [-0.1, -0.05) is 0 Å². The Morgan fingerprint density at radius 2 is 1.88 bits per heavy atom. The first-order valence-electron chi connectivity index (χ1n) is 8.20. The van der Waals surface area contributed by atoms with Crippen molar-refractivity contribution >= 4 is 31.3 Å². The van der Waals surface area contributed by atoms with Crippen LogP contribution in [0.25, 0.3) is 0 Å². The van der Waals surface area contributed by atoms with E-state index in [9.17, 15) is 21.6 Å². The zero-order valence-corrected chi connectivity index (χ0v) is 16.4. The average molecular weight is 405 g/mol. The molecule has 0 spiro atoms. The van der Waals surface area contributed by atoms with E-state index in [4.69, 9.17) is 4.74 Å². The van der Waals surface area contributed by atoms with Crippen molar-refractivity contribution in [3.63, 3.8) is 0 Å². The third-order valence-corrected chi connectivity index (χ3v) is 8.30. The highest BCUT2D eigenvalue weighted by Crippen LogP contribution is 2.27. The average Bonchev–Trinajstić information content (AvgIpc) is 2.87. The third-order valence-electron chi connectivity index (χ3n) is 4.13. The van der Waals surface area contributed by atoms with E-state index in [-0.39, 0.29) is 16.6 Å². The second-order valence-corrected chi connectivity index (χ2v) is 10.6. The molecule has 1 aromatic carbocycles. The molecule has 8 nitrogen and oxygen atoms in total. The molecule has 1 heterocycles. The maximum Gasteiger partial charge on any atom is 0.221 e. The van der Waals surface area contributed by atoms with Crippen molar-refractivity contribution in [3.05, 3.63) is 24.3 Å². The summed E-state index contributed by atoms with van der Waals surface area (Å²) in [4.78, 5) is 11.1. The summed E-state index contributed by atoms with van der Waals surface area (Å²) in [5, 5.41) is 4.56. The Morgan fingerprint density at radius 3 is 2.46 bits per heavy atom. The fourth-order valence-electron chi connectivity index (χ4n) is 2.92. The molecule has 0 saturated carbocycles. The summed E-state index contributed by atoms with van der Waals surface area (Å²) < 4.78 is 54.9. The van der Waals surface area contributed by atoms with Crippen LogP contribution in [-0.2, 0) is 29.2 Å². The normalized spacial score (nSPS) is 22.2. The first kappa shape index (κ1) is 20.8. The van der Waals surface area contributed by atoms with Crippen molar-refractivity contribution < 1.29 is 26.4 Å². The van der Waals surface area contributed by atoms with E-state index in [2.05, 4.69) is 10.6 Å². The molecule has 1 aliphatic heterocycles. The molecule has 0 aliphatic carbocycles. The van der Waals surface area contributed by atoms with Gasteiger partial charge in [-0.15, -0.1) is 0 Å². The fourth-order valence-corrected chi connectivity index (χ4v) is 7.64. The molecule has 26 heavy (non-hydrogen) atoms. The minimum absolute atomic E-state index is 0.0393. The molecule has 1 aliphatic rings. The number of amides is 1. The lowest BCUT2D eigenvalue weighted by Crippen LogP contribution is -2.43. The lowest BCUT2D eigenvalue weighted by atomic mass is 10.2. The van der Waals surface area contributed by atoms with Gasteiger partial charge in [-0.2, -0.15) is 0 Å². The molecule has 146 valence electrons. The molecular weight excluding hydrogens is 380 g/mol. The van der Waals surface area contributed by atoms with Crippen LogP contribution in [-0.4, -0.2) is 65.8 Å². The van der Waals surface area contributed by atoms with E-state index in [1.807, 2.05) is 0 Å². The van der Waals surface area contributed by atoms with Crippen LogP contribution in [0.1, 0.15) is 13.3 Å². The molecule has 0 bridgehead atoms. The van der Waals surface area contributed by atoms with Crippen LogP contribution in [0.15, 0.2) is 29.2 Å². The van der Waals surface area contributed by atoms with Crippen LogP contribution in [0.3, 0.4) is 0 Å². The van der Waals surface area contributed by atoms with E-state index >= 15 is 0 Å². The second-order valence-electron chi connectivity index (χ2n) is 6.27. The number of nitrogens with one attached hydrogen (secondary N) is 2. The van der Waals surface area contributed by atoms with E-state index < -0.39 is 36.7 Å². The molecule has 0 radical (unpaired) electrons. The minimum Gasteiger partial charge on any atom is -0.385 e. The van der Waals surface area contributed by atoms with Gasteiger partial charge in [0.15, 0.2) is 19.7 Å². The van der Waals surface area contributed by atoms with Crippen LogP contribution in [0.5, 0.6) is 0 Å². The highest BCUT2D eigenvalue weighted by molar-refractivity contribution is 7.96. The molecule has 1 fully saturated rings. The Bertz CT molecular complexity index is 834. The molecular formula is C16H24N2O6S2. The summed E-state index contributed by atoms with van der Waals surface area (Å²) in [6.45, 7) is 2.34. The molecule has 1 saturated heterocycles. The van der Waals surface area contributed by atoms with Gasteiger partial charge in [-0.05, 0) is 37.2 Å². The lowest BCUT2D eigenvalue weighted by Gasteiger charge is -2.20. The van der Waals surface area contributed by atoms with E-state index in [1.54, 1.807) is 7.11 Å². The number of carbonyl (C=O) groups is 1. The van der Waals surface area contributed by atoms with Crippen molar-refractivity contribution in [1.29, 1.82) is 0 Å². The molecule has 1 amide bonds. The van der Waals surface area contributed by atoms with E-state index in [1.165, 1.54) is 31.2 Å². The Labute approximate surface area is 154 Å². The van der Waals surface area contributed by atoms with Gasteiger partial charge in [0.05, 0.1) is 21.7 Å². The zero-order chi connectivity index (χ0) is 19.4. The molecule has 2 N–H and O–H groups in total. The summed E-state index contributed by atoms with van der Waals surface area (Å²) in [6, 6.07) is 5.08. The predicted molar refractivity (Wildman–Crippen MR) is 98.7 cm³/mol. The topological polar surface area (TPSA) is 119 Å². The van der Waals surface area contributed by atoms with Gasteiger partial charge in [-0.3, -0.25) is 4.79 Å². The van der Waals surface area contributed by atoms with E-state index in [0.29, 0.717) is 25.3 Å². The highest BCUT2D eigenvalue weighted by atomic mass is 32.2. The number of rotatable bonds is 8. The monoisotopic (exact) mass is 404 g/mol. The van der Waals surface area contributed by atoms with Crippen molar-refractivity contribution in [3.8, 4) is 0 Å². The molecule has 1 aromatic rings. The Kier molecular flexibility index (Phi) is 6.78. The number of anilines is 1. The highest BCUT2D eigenvalue weighted by Gasteiger charge is 2.45. The van der Waals surface area contributed by atoms with Crippen LogP contribution in [0.2, 0.25) is 0 Å². The van der Waals surface area contributed by atoms with Crippen molar-refractivity contribution in [2.45, 2.75) is 29.5 Å². The summed E-state index contributed by atoms with van der Waals surface area (Å²) in [5.74, 6) is -0.860. The van der Waals surface area contributed by atoms with Gasteiger partial charge in [0.25, 0.3) is 0 Å². The summed E-state index contributed by atoms with van der Waals surface area (Å²) in [7, 11) is -5.70. The van der Waals surface area contributed by atoms with Gasteiger partial charge >= 0.3 is 0 Å². The van der Waals surface area contributed by atoms with Gasteiger partial charge in [-0.25, -0.2) is 16.8 Å². The summed E-state index contributed by atoms with van der Waals surface area (Å²) in [5.41, 5.74) is 0.477. The standard InChI is InChI=1S/C16H24N2O6S2/c1-12(19)18-13-4-6-14(7-5-13)26(22,23)16-11-25(20,21)10-15(16)17-8-3-9-24-2/h4-7,15-17H,3,8-11H2,1-2H3,(H,18,19)/t15-,16-/m0/s1. The number of sulfone groups is 2. The zero-order valence-electron chi connectivity index (χ0n) is 14.8. The quantitative estimate of drug-likeness (QED) is 0.595. The SMILES string of the molecule is COCCCN[C@H]1CS(=O)(=O)C[C@@H]1S(=O)(=O)c1ccc(NC(C)=O)cc1. The number of hydrogen-bond acceptors (Lipinski definition) is 7. The largest absolute Gasteiger partial charge is 0.385 e. The van der Waals surface area contributed by atoms with Gasteiger partial charge in [0.2, 0.25) is 5.91 Å². The first-order chi connectivity index (χ1) is 12.2. The number of methoxy groups -OCH3 is 1. The van der Waals surface area contributed by atoms with Crippen molar-refractivity contribution in [2.75, 3.05) is 37.1 Å². The Balaban J connectivity index is 2.19. The minimum atomic E-state index is -3.83. The number of ether oxygens (including phenoxy) is 1. The van der Waals surface area contributed by atoms with Crippen molar-refractivity contribution in [2.24, 2.45) is 0 Å². The number of benzene rings is 1. The predicted octanol–water partition coefficient (Wildman–Crippen LogP) is 0.210. The maximum atomic E-state index is 12.9. The van der Waals surface area contributed by atoms with Crippen LogP contribution in [0, 0.1) is 0 Å². The number of carbonyl (C=O) groups excluding carboxylic acids is 1. The lowest BCUT2D eigenvalue weighted by molar-refractivity contribution is -0.114. The molecule has 0 aromatic heterocycles. The Hall–Kier alpha value is -1.49. The Morgan fingerprint density at radius 1 is 1.23 bits per heavy atom. The van der Waals surface area contributed by atoms with Crippen LogP contribution < -0.4 is 10.6 Å². The third kappa shape index (κ3) is 5.26. The molecule has 2 rings (SSSR count). The van der Waals surface area contributed by atoms with Gasteiger partial charge in [0, 0.05) is 32.4 Å². The summed E-state index contributed by atoms with van der Waals surface area (Å²) >= 11 is 0. The first-order valence-corrected chi connectivity index (χ1v) is 11.6. The van der Waals surface area contributed by atoms with Crippen LogP contribution in [0.4, 0.5) is 5.69 Å². The van der Waals surface area contributed by atoms with E-state index in [0.717, 1.165) is 0 Å². The smallest absolute Gasteiger partial charge is 0.221 e. The molecule has 0 unspecified atom stereocenters. The second kappa shape index (κ2) is 8.47. The van der Waals surface area contributed by atoms with Gasteiger partial charge < -0.3 is 15.4 Å². The summed E-state index contributed by atoms with van der Waals surface area (Å²) in [6.07, 6.45) is 0.658. The maximum absolute atomic E-state index is 12.9. The van der Waals surface area contributed by atoms with Gasteiger partial charge in [0.1, 0.15) is 0 Å². The fraction of sp³-hybridized carbons (Fsp3) is 0.562. The van der Waals surface area contributed by atoms with Crippen molar-refractivity contribution in [1.82, 2.24) is 5.32 Å².